The van der Waals surface area contributed by atoms with Gasteiger partial charge in [0, 0.05) is 18.2 Å². The molecule has 0 aliphatic carbocycles. The first-order valence-corrected chi connectivity index (χ1v) is 6.43. The van der Waals surface area contributed by atoms with E-state index in [0.717, 1.165) is 5.75 Å². The number of hydrogen-bond acceptors (Lipinski definition) is 4. The minimum Gasteiger partial charge on any atom is -0.466 e. The lowest BCUT2D eigenvalue weighted by Crippen LogP contribution is -2.34. The maximum absolute atomic E-state index is 11.3. The Morgan fingerprint density at radius 2 is 2.07 bits per heavy atom. The second-order valence-electron chi connectivity index (χ2n) is 3.23. The van der Waals surface area contributed by atoms with Crippen LogP contribution in [-0.4, -0.2) is 36.5 Å². The van der Waals surface area contributed by atoms with Gasteiger partial charge in [0.05, 0.1) is 13.0 Å². The van der Waals surface area contributed by atoms with Crippen LogP contribution in [-0.2, 0) is 14.3 Å². The lowest BCUT2D eigenvalue weighted by atomic mass is 10.3. The minimum absolute atomic E-state index is 0.0930. The number of nitrogens with one attached hydrogen (secondary N) is 1. The maximum atomic E-state index is 11.3. The third kappa shape index (κ3) is 8.30. The van der Waals surface area contributed by atoms with Gasteiger partial charge in [-0.3, -0.25) is 9.59 Å². The van der Waals surface area contributed by atoms with E-state index in [1.165, 1.54) is 0 Å². The molecule has 0 spiro atoms. The minimum atomic E-state index is -0.315. The summed E-state index contributed by atoms with van der Waals surface area (Å²) in [6.07, 6.45) is 2.35. The van der Waals surface area contributed by atoms with E-state index in [2.05, 4.69) is 5.32 Å². The van der Waals surface area contributed by atoms with Crippen molar-refractivity contribution in [1.82, 2.24) is 5.32 Å². The van der Waals surface area contributed by atoms with Gasteiger partial charge in [-0.25, -0.2) is 0 Å². The highest BCUT2D eigenvalue weighted by Gasteiger charge is 2.09. The fraction of sp³-hybridized carbons (Fsp3) is 0.800. The highest BCUT2D eigenvalue weighted by Crippen LogP contribution is 1.98. The number of ether oxygens (including phenoxy) is 1. The predicted octanol–water partition coefficient (Wildman–Crippen LogP) is 1.20. The third-order valence-corrected chi connectivity index (χ3v) is 2.52. The Morgan fingerprint density at radius 3 is 2.60 bits per heavy atom. The maximum Gasteiger partial charge on any atom is 0.306 e. The molecule has 0 aliphatic rings. The van der Waals surface area contributed by atoms with E-state index in [0.29, 0.717) is 6.61 Å². The van der Waals surface area contributed by atoms with Crippen molar-refractivity contribution in [3.05, 3.63) is 0 Å². The Labute approximate surface area is 95.1 Å². The van der Waals surface area contributed by atoms with Gasteiger partial charge in [0.25, 0.3) is 0 Å². The molecule has 15 heavy (non-hydrogen) atoms. The molecular formula is C10H19NO3S. The summed E-state index contributed by atoms with van der Waals surface area (Å²) in [6, 6.07) is 0.148. The van der Waals surface area contributed by atoms with Crippen molar-refractivity contribution < 1.29 is 14.3 Å². The predicted molar refractivity (Wildman–Crippen MR) is 61.9 cm³/mol. The van der Waals surface area contributed by atoms with E-state index in [4.69, 9.17) is 4.74 Å². The van der Waals surface area contributed by atoms with Crippen LogP contribution in [0.1, 0.15) is 26.7 Å². The van der Waals surface area contributed by atoms with Gasteiger partial charge in [-0.2, -0.15) is 11.8 Å². The third-order valence-electron chi connectivity index (χ3n) is 1.69. The van der Waals surface area contributed by atoms with Crippen LogP contribution in [0.3, 0.4) is 0 Å². The van der Waals surface area contributed by atoms with E-state index in [1.54, 1.807) is 18.7 Å². The number of carbonyl (C=O) groups is 2. The standard InChI is InChI=1S/C10H19NO3S/c1-4-14-10(13)6-5-9(12)11-8(2)7-15-3/h8H,4-7H2,1-3H3,(H,11,12). The van der Waals surface area contributed by atoms with Crippen molar-refractivity contribution >= 4 is 23.6 Å². The van der Waals surface area contributed by atoms with Crippen LogP contribution >= 0.6 is 11.8 Å². The Bertz CT molecular complexity index is 209. The summed E-state index contributed by atoms with van der Waals surface area (Å²) in [7, 11) is 0. The quantitative estimate of drug-likeness (QED) is 0.671. The molecule has 1 N–H and O–H groups in total. The van der Waals surface area contributed by atoms with Gasteiger partial charge in [0.2, 0.25) is 5.91 Å². The zero-order valence-corrected chi connectivity index (χ0v) is 10.4. The zero-order valence-electron chi connectivity index (χ0n) is 9.54. The topological polar surface area (TPSA) is 55.4 Å². The van der Waals surface area contributed by atoms with Crippen molar-refractivity contribution in [3.63, 3.8) is 0 Å². The number of thioether (sulfide) groups is 1. The molecule has 0 aromatic rings. The second kappa shape index (κ2) is 8.59. The molecule has 0 radical (unpaired) electrons. The van der Waals surface area contributed by atoms with E-state index in [1.807, 2.05) is 13.2 Å². The summed E-state index contributed by atoms with van der Waals surface area (Å²) in [4.78, 5) is 22.3. The number of hydrogen-bond donors (Lipinski definition) is 1. The molecule has 1 amide bonds. The van der Waals surface area contributed by atoms with Gasteiger partial charge < -0.3 is 10.1 Å². The summed E-state index contributed by atoms with van der Waals surface area (Å²) < 4.78 is 4.72. The molecular weight excluding hydrogens is 214 g/mol. The average molecular weight is 233 g/mol. The summed E-state index contributed by atoms with van der Waals surface area (Å²) in [6.45, 7) is 4.06. The van der Waals surface area contributed by atoms with E-state index in [-0.39, 0.29) is 30.8 Å². The molecule has 0 fully saturated rings. The highest BCUT2D eigenvalue weighted by atomic mass is 32.2. The summed E-state index contributed by atoms with van der Waals surface area (Å²) in [5.41, 5.74) is 0. The van der Waals surface area contributed by atoms with Crippen LogP contribution in [0.5, 0.6) is 0 Å². The molecule has 88 valence electrons. The highest BCUT2D eigenvalue weighted by molar-refractivity contribution is 7.98. The number of amides is 1. The van der Waals surface area contributed by atoms with Crippen LogP contribution in [0.4, 0.5) is 0 Å². The first-order chi connectivity index (χ1) is 7.10. The van der Waals surface area contributed by atoms with Crippen LogP contribution in [0.2, 0.25) is 0 Å². The Morgan fingerprint density at radius 1 is 1.40 bits per heavy atom. The van der Waals surface area contributed by atoms with E-state index in [9.17, 15) is 9.59 Å². The molecule has 0 bridgehead atoms. The molecule has 0 rings (SSSR count). The SMILES string of the molecule is CCOC(=O)CCC(=O)NC(C)CSC. The molecule has 0 aromatic heterocycles. The van der Waals surface area contributed by atoms with Crippen molar-refractivity contribution in [2.75, 3.05) is 18.6 Å². The lowest BCUT2D eigenvalue weighted by Gasteiger charge is -2.11. The van der Waals surface area contributed by atoms with Crippen molar-refractivity contribution in [2.24, 2.45) is 0 Å². The van der Waals surface area contributed by atoms with Gasteiger partial charge in [-0.05, 0) is 20.1 Å². The first-order valence-electron chi connectivity index (χ1n) is 5.04. The fourth-order valence-corrected chi connectivity index (χ4v) is 1.67. The van der Waals surface area contributed by atoms with Crippen LogP contribution in [0, 0.1) is 0 Å². The van der Waals surface area contributed by atoms with Crippen molar-refractivity contribution in [1.29, 1.82) is 0 Å². The number of rotatable bonds is 7. The Balaban J connectivity index is 3.61. The molecule has 0 saturated carbocycles. The van der Waals surface area contributed by atoms with Gasteiger partial charge >= 0.3 is 5.97 Å². The van der Waals surface area contributed by atoms with E-state index >= 15 is 0 Å². The summed E-state index contributed by atoms with van der Waals surface area (Å²) in [5.74, 6) is 0.472. The second-order valence-corrected chi connectivity index (χ2v) is 4.14. The number of esters is 1. The molecule has 4 nitrogen and oxygen atoms in total. The molecule has 0 heterocycles. The zero-order chi connectivity index (χ0) is 11.7. The van der Waals surface area contributed by atoms with Gasteiger partial charge in [-0.15, -0.1) is 0 Å². The Kier molecular flexibility index (Phi) is 8.18. The average Bonchev–Trinajstić information content (AvgIpc) is 2.15. The molecule has 1 unspecified atom stereocenters. The van der Waals surface area contributed by atoms with Crippen molar-refractivity contribution in [3.8, 4) is 0 Å². The Hall–Kier alpha value is -0.710. The molecule has 1 atom stereocenters. The molecule has 0 aromatic carbocycles. The van der Waals surface area contributed by atoms with Crippen LogP contribution < -0.4 is 5.32 Å². The monoisotopic (exact) mass is 233 g/mol. The van der Waals surface area contributed by atoms with E-state index < -0.39 is 0 Å². The number of carbonyl (C=O) groups excluding carboxylic acids is 2. The van der Waals surface area contributed by atoms with Gasteiger partial charge in [-0.1, -0.05) is 0 Å². The van der Waals surface area contributed by atoms with Gasteiger partial charge in [0.15, 0.2) is 0 Å². The molecule has 5 heteroatoms. The van der Waals surface area contributed by atoms with Crippen LogP contribution in [0.15, 0.2) is 0 Å². The fourth-order valence-electron chi connectivity index (χ4n) is 1.09. The molecule has 0 saturated heterocycles. The lowest BCUT2D eigenvalue weighted by molar-refractivity contribution is -0.144. The van der Waals surface area contributed by atoms with Gasteiger partial charge in [0.1, 0.15) is 0 Å². The smallest absolute Gasteiger partial charge is 0.306 e. The summed E-state index contributed by atoms with van der Waals surface area (Å²) in [5, 5.41) is 2.81. The molecule has 0 aliphatic heterocycles. The normalized spacial score (nSPS) is 11.9. The largest absolute Gasteiger partial charge is 0.466 e. The summed E-state index contributed by atoms with van der Waals surface area (Å²) >= 11 is 1.68. The van der Waals surface area contributed by atoms with Crippen molar-refractivity contribution in [2.45, 2.75) is 32.7 Å². The first kappa shape index (κ1) is 14.3. The van der Waals surface area contributed by atoms with Crippen LogP contribution in [0.25, 0.3) is 0 Å².